The summed E-state index contributed by atoms with van der Waals surface area (Å²) in [4.78, 5) is 22.9. The molecule has 1 aliphatic rings. The van der Waals surface area contributed by atoms with Gasteiger partial charge in [-0.2, -0.15) is 0 Å². The fourth-order valence-electron chi connectivity index (χ4n) is 2.13. The Hall–Kier alpha value is -2.24. The summed E-state index contributed by atoms with van der Waals surface area (Å²) in [7, 11) is 3.04. The molecule has 2 N–H and O–H groups in total. The Labute approximate surface area is 123 Å². The molecular formula is C15H19NO5. The summed E-state index contributed by atoms with van der Waals surface area (Å²) in [5, 5.41) is 11.8. The Morgan fingerprint density at radius 3 is 2.48 bits per heavy atom. The van der Waals surface area contributed by atoms with Crippen LogP contribution in [0.25, 0.3) is 0 Å². The number of amides is 1. The van der Waals surface area contributed by atoms with Crippen LogP contribution in [0.4, 0.5) is 0 Å². The topological polar surface area (TPSA) is 84.9 Å². The lowest BCUT2D eigenvalue weighted by atomic mass is 10.0. The summed E-state index contributed by atoms with van der Waals surface area (Å²) >= 11 is 0. The SMILES string of the molecule is COc1ccc(C(CC(=O)O)NC(=O)C2CC2)cc1OC. The minimum absolute atomic E-state index is 0.0291. The van der Waals surface area contributed by atoms with Crippen molar-refractivity contribution in [3.8, 4) is 11.5 Å². The van der Waals surface area contributed by atoms with Crippen molar-refractivity contribution in [1.29, 1.82) is 0 Å². The maximum atomic E-state index is 11.9. The molecule has 0 radical (unpaired) electrons. The number of methoxy groups -OCH3 is 2. The molecule has 1 aliphatic carbocycles. The Balaban J connectivity index is 2.22. The van der Waals surface area contributed by atoms with Gasteiger partial charge in [-0.25, -0.2) is 0 Å². The number of hydrogen-bond donors (Lipinski definition) is 2. The lowest BCUT2D eigenvalue weighted by molar-refractivity contribution is -0.137. The summed E-state index contributed by atoms with van der Waals surface area (Å²) in [5.41, 5.74) is 0.684. The summed E-state index contributed by atoms with van der Waals surface area (Å²) in [6.45, 7) is 0. The first-order valence-electron chi connectivity index (χ1n) is 6.79. The molecule has 0 heterocycles. The number of benzene rings is 1. The molecule has 1 atom stereocenters. The molecule has 6 heteroatoms. The molecule has 0 saturated heterocycles. The molecule has 114 valence electrons. The number of carboxylic acids is 1. The number of aliphatic carboxylic acids is 1. The maximum absolute atomic E-state index is 11.9. The number of hydrogen-bond acceptors (Lipinski definition) is 4. The van der Waals surface area contributed by atoms with Crippen LogP contribution < -0.4 is 14.8 Å². The molecular weight excluding hydrogens is 274 g/mol. The maximum Gasteiger partial charge on any atom is 0.305 e. The van der Waals surface area contributed by atoms with E-state index >= 15 is 0 Å². The van der Waals surface area contributed by atoms with E-state index in [0.717, 1.165) is 12.8 Å². The van der Waals surface area contributed by atoms with Gasteiger partial charge in [0.05, 0.1) is 26.7 Å². The zero-order valence-corrected chi connectivity index (χ0v) is 12.1. The van der Waals surface area contributed by atoms with E-state index in [1.807, 2.05) is 0 Å². The van der Waals surface area contributed by atoms with Gasteiger partial charge in [0.1, 0.15) is 0 Å². The van der Waals surface area contributed by atoms with Crippen molar-refractivity contribution in [3.05, 3.63) is 23.8 Å². The van der Waals surface area contributed by atoms with Crippen molar-refractivity contribution in [2.45, 2.75) is 25.3 Å². The number of ether oxygens (including phenoxy) is 2. The van der Waals surface area contributed by atoms with E-state index in [9.17, 15) is 9.59 Å². The van der Waals surface area contributed by atoms with Crippen LogP contribution in [0.5, 0.6) is 11.5 Å². The van der Waals surface area contributed by atoms with Gasteiger partial charge < -0.3 is 19.9 Å². The highest BCUT2D eigenvalue weighted by Crippen LogP contribution is 2.33. The third-order valence-electron chi connectivity index (χ3n) is 3.45. The van der Waals surface area contributed by atoms with Gasteiger partial charge in [0.25, 0.3) is 0 Å². The van der Waals surface area contributed by atoms with Crippen LogP contribution in [0.2, 0.25) is 0 Å². The quantitative estimate of drug-likeness (QED) is 0.800. The average molecular weight is 293 g/mol. The standard InChI is InChI=1S/C15H19NO5/c1-20-12-6-5-10(7-13(12)21-2)11(8-14(17)18)16-15(19)9-3-4-9/h5-7,9,11H,3-4,8H2,1-2H3,(H,16,19)(H,17,18). The van der Waals surface area contributed by atoms with Crippen molar-refractivity contribution >= 4 is 11.9 Å². The van der Waals surface area contributed by atoms with Crippen LogP contribution in [-0.4, -0.2) is 31.2 Å². The molecule has 1 saturated carbocycles. The highest BCUT2D eigenvalue weighted by molar-refractivity contribution is 5.82. The summed E-state index contributed by atoms with van der Waals surface area (Å²) < 4.78 is 10.4. The second kappa shape index (κ2) is 6.47. The zero-order valence-electron chi connectivity index (χ0n) is 12.1. The van der Waals surface area contributed by atoms with Crippen LogP contribution >= 0.6 is 0 Å². The normalized spacial score (nSPS) is 15.1. The van der Waals surface area contributed by atoms with Gasteiger partial charge in [0.2, 0.25) is 5.91 Å². The first kappa shape index (κ1) is 15.2. The largest absolute Gasteiger partial charge is 0.493 e. The van der Waals surface area contributed by atoms with Gasteiger partial charge in [0.15, 0.2) is 11.5 Å². The van der Waals surface area contributed by atoms with Crippen molar-refractivity contribution < 1.29 is 24.2 Å². The second-order valence-electron chi connectivity index (χ2n) is 5.05. The fraction of sp³-hybridized carbons (Fsp3) is 0.467. The summed E-state index contributed by atoms with van der Waals surface area (Å²) in [6, 6.07) is 4.56. The molecule has 0 spiro atoms. The van der Waals surface area contributed by atoms with Gasteiger partial charge in [0, 0.05) is 5.92 Å². The highest BCUT2D eigenvalue weighted by atomic mass is 16.5. The molecule has 1 aromatic rings. The first-order chi connectivity index (χ1) is 10.0. The van der Waals surface area contributed by atoms with Gasteiger partial charge in [-0.05, 0) is 30.5 Å². The van der Waals surface area contributed by atoms with E-state index in [1.54, 1.807) is 18.2 Å². The fourth-order valence-corrected chi connectivity index (χ4v) is 2.13. The van der Waals surface area contributed by atoms with Crippen LogP contribution in [0.15, 0.2) is 18.2 Å². The van der Waals surface area contributed by atoms with Crippen molar-refractivity contribution in [1.82, 2.24) is 5.32 Å². The molecule has 0 bridgehead atoms. The molecule has 21 heavy (non-hydrogen) atoms. The van der Waals surface area contributed by atoms with E-state index in [4.69, 9.17) is 14.6 Å². The molecule has 1 amide bonds. The van der Waals surface area contributed by atoms with Gasteiger partial charge in [-0.3, -0.25) is 9.59 Å². The number of rotatable bonds is 7. The molecule has 1 fully saturated rings. The lowest BCUT2D eigenvalue weighted by Crippen LogP contribution is -2.31. The van der Waals surface area contributed by atoms with E-state index < -0.39 is 12.0 Å². The van der Waals surface area contributed by atoms with Gasteiger partial charge in [-0.15, -0.1) is 0 Å². The Bertz CT molecular complexity index is 539. The molecule has 6 nitrogen and oxygen atoms in total. The van der Waals surface area contributed by atoms with Crippen LogP contribution in [0, 0.1) is 5.92 Å². The minimum Gasteiger partial charge on any atom is -0.493 e. The van der Waals surface area contributed by atoms with E-state index in [2.05, 4.69) is 5.32 Å². The van der Waals surface area contributed by atoms with Gasteiger partial charge >= 0.3 is 5.97 Å². The smallest absolute Gasteiger partial charge is 0.305 e. The van der Waals surface area contributed by atoms with Crippen molar-refractivity contribution in [2.24, 2.45) is 5.92 Å². The monoisotopic (exact) mass is 293 g/mol. The molecule has 1 aromatic carbocycles. The van der Waals surface area contributed by atoms with E-state index in [1.165, 1.54) is 14.2 Å². The minimum atomic E-state index is -0.967. The van der Waals surface area contributed by atoms with Crippen molar-refractivity contribution in [3.63, 3.8) is 0 Å². The lowest BCUT2D eigenvalue weighted by Gasteiger charge is -2.19. The number of nitrogens with one attached hydrogen (secondary N) is 1. The Morgan fingerprint density at radius 2 is 1.95 bits per heavy atom. The third-order valence-corrected chi connectivity index (χ3v) is 3.45. The zero-order chi connectivity index (χ0) is 15.4. The van der Waals surface area contributed by atoms with Crippen LogP contribution in [0.3, 0.4) is 0 Å². The van der Waals surface area contributed by atoms with E-state index in [-0.39, 0.29) is 18.2 Å². The van der Waals surface area contributed by atoms with Crippen molar-refractivity contribution in [2.75, 3.05) is 14.2 Å². The molecule has 0 aromatic heterocycles. The number of carboxylic acid groups (broad SMARTS) is 1. The van der Waals surface area contributed by atoms with Crippen LogP contribution in [0.1, 0.15) is 30.9 Å². The molecule has 0 aliphatic heterocycles. The highest BCUT2D eigenvalue weighted by Gasteiger charge is 2.32. The van der Waals surface area contributed by atoms with Crippen LogP contribution in [-0.2, 0) is 9.59 Å². The molecule has 2 rings (SSSR count). The molecule has 1 unspecified atom stereocenters. The predicted molar refractivity (Wildman–Crippen MR) is 75.4 cm³/mol. The summed E-state index contributed by atoms with van der Waals surface area (Å²) in [5.74, 6) is 0.0401. The summed E-state index contributed by atoms with van der Waals surface area (Å²) in [6.07, 6.45) is 1.57. The third kappa shape index (κ3) is 3.87. The Morgan fingerprint density at radius 1 is 1.29 bits per heavy atom. The predicted octanol–water partition coefficient (Wildman–Crippen LogP) is 1.75. The number of carbonyl (C=O) groups excluding carboxylic acids is 1. The number of carbonyl (C=O) groups is 2. The Kier molecular flexibility index (Phi) is 4.67. The van der Waals surface area contributed by atoms with E-state index in [0.29, 0.717) is 17.1 Å². The van der Waals surface area contributed by atoms with Gasteiger partial charge in [-0.1, -0.05) is 6.07 Å². The second-order valence-corrected chi connectivity index (χ2v) is 5.05. The average Bonchev–Trinajstić information content (AvgIpc) is 3.29. The first-order valence-corrected chi connectivity index (χ1v) is 6.79.